The Kier molecular flexibility index (Phi) is 7.38. The van der Waals surface area contributed by atoms with Crippen LogP contribution in [0.4, 0.5) is 4.39 Å². The molecule has 0 aliphatic heterocycles. The molecule has 0 heterocycles. The summed E-state index contributed by atoms with van der Waals surface area (Å²) in [4.78, 5) is 24.2. The Bertz CT molecular complexity index is 1090. The summed E-state index contributed by atoms with van der Waals surface area (Å²) in [5.41, 5.74) is 1.74. The van der Waals surface area contributed by atoms with E-state index in [-0.39, 0.29) is 11.7 Å². The van der Waals surface area contributed by atoms with Crippen LogP contribution in [0, 0.1) is 5.82 Å². The molecule has 1 amide bonds. The molecule has 3 aromatic rings. The number of ether oxygens (including phenoxy) is 2. The standard InChI is InChI=1S/C25H24FNO4/c1-17(25(29)27-14-13-18-4-9-22(26)10-5-18)31-24(28)12-6-19-3-7-21-16-23(30-2)11-8-20(21)15-19/h3-12,15-17H,13-14H2,1-2H3,(H,27,29)/b12-6+/t17-/m0/s1. The third-order valence-electron chi connectivity index (χ3n) is 4.77. The number of carbonyl (C=O) groups excluding carboxylic acids is 2. The molecule has 0 fully saturated rings. The van der Waals surface area contributed by atoms with Gasteiger partial charge < -0.3 is 14.8 Å². The number of rotatable bonds is 8. The number of hydrogen-bond donors (Lipinski definition) is 1. The lowest BCUT2D eigenvalue weighted by molar-refractivity contribution is -0.150. The third kappa shape index (κ3) is 6.40. The van der Waals surface area contributed by atoms with Crippen molar-refractivity contribution in [2.45, 2.75) is 19.4 Å². The summed E-state index contributed by atoms with van der Waals surface area (Å²) in [6, 6.07) is 17.6. The fraction of sp³-hybridized carbons (Fsp3) is 0.200. The Labute approximate surface area is 180 Å². The predicted octanol–water partition coefficient (Wildman–Crippen LogP) is 4.29. The number of amides is 1. The molecule has 5 nitrogen and oxygen atoms in total. The second-order valence-corrected chi connectivity index (χ2v) is 7.05. The van der Waals surface area contributed by atoms with Crippen LogP contribution >= 0.6 is 0 Å². The molecule has 0 spiro atoms. The molecule has 0 aliphatic carbocycles. The average molecular weight is 421 g/mol. The van der Waals surface area contributed by atoms with Gasteiger partial charge >= 0.3 is 5.97 Å². The minimum Gasteiger partial charge on any atom is -0.497 e. The van der Waals surface area contributed by atoms with Crippen molar-refractivity contribution < 1.29 is 23.5 Å². The van der Waals surface area contributed by atoms with Gasteiger partial charge in [0.1, 0.15) is 11.6 Å². The van der Waals surface area contributed by atoms with Crippen LogP contribution in [0.1, 0.15) is 18.1 Å². The molecule has 6 heteroatoms. The van der Waals surface area contributed by atoms with E-state index < -0.39 is 12.1 Å². The van der Waals surface area contributed by atoms with E-state index in [9.17, 15) is 14.0 Å². The molecular weight excluding hydrogens is 397 g/mol. The zero-order valence-electron chi connectivity index (χ0n) is 17.4. The van der Waals surface area contributed by atoms with Crippen molar-refractivity contribution in [2.75, 3.05) is 13.7 Å². The third-order valence-corrected chi connectivity index (χ3v) is 4.77. The lowest BCUT2D eigenvalue weighted by Crippen LogP contribution is -2.36. The Morgan fingerprint density at radius 2 is 1.74 bits per heavy atom. The number of benzene rings is 3. The summed E-state index contributed by atoms with van der Waals surface area (Å²) in [5.74, 6) is -0.505. The molecule has 0 saturated heterocycles. The highest BCUT2D eigenvalue weighted by atomic mass is 19.1. The van der Waals surface area contributed by atoms with E-state index in [1.807, 2.05) is 36.4 Å². The first-order valence-corrected chi connectivity index (χ1v) is 9.93. The highest BCUT2D eigenvalue weighted by molar-refractivity contribution is 5.92. The molecule has 160 valence electrons. The van der Waals surface area contributed by atoms with Crippen molar-refractivity contribution in [3.05, 3.63) is 83.7 Å². The van der Waals surface area contributed by atoms with Gasteiger partial charge in [-0.3, -0.25) is 4.79 Å². The van der Waals surface area contributed by atoms with Crippen LogP contribution in [-0.4, -0.2) is 31.6 Å². The van der Waals surface area contributed by atoms with E-state index in [0.717, 1.165) is 27.6 Å². The fourth-order valence-electron chi connectivity index (χ4n) is 3.03. The Morgan fingerprint density at radius 3 is 2.48 bits per heavy atom. The number of halogens is 1. The molecule has 3 aromatic carbocycles. The minimum absolute atomic E-state index is 0.301. The van der Waals surface area contributed by atoms with E-state index in [2.05, 4.69) is 5.32 Å². The number of carbonyl (C=O) groups is 2. The fourth-order valence-corrected chi connectivity index (χ4v) is 3.03. The van der Waals surface area contributed by atoms with Crippen LogP contribution in [0.15, 0.2) is 66.7 Å². The number of esters is 1. The van der Waals surface area contributed by atoms with Crippen LogP contribution in [0.2, 0.25) is 0 Å². The highest BCUT2D eigenvalue weighted by Gasteiger charge is 2.15. The molecule has 1 N–H and O–H groups in total. The Hall–Kier alpha value is -3.67. The number of fused-ring (bicyclic) bond motifs is 1. The van der Waals surface area contributed by atoms with Crippen LogP contribution in [0.3, 0.4) is 0 Å². The summed E-state index contributed by atoms with van der Waals surface area (Å²) in [7, 11) is 1.62. The zero-order chi connectivity index (χ0) is 22.2. The SMILES string of the molecule is COc1ccc2cc(/C=C/C(=O)O[C@@H](C)C(=O)NCCc3ccc(F)cc3)ccc2c1. The van der Waals surface area contributed by atoms with Crippen LogP contribution in [0.5, 0.6) is 5.75 Å². The summed E-state index contributed by atoms with van der Waals surface area (Å²) < 4.78 is 23.3. The largest absolute Gasteiger partial charge is 0.497 e. The van der Waals surface area contributed by atoms with Crippen molar-refractivity contribution in [3.63, 3.8) is 0 Å². The maximum Gasteiger partial charge on any atom is 0.331 e. The lowest BCUT2D eigenvalue weighted by atomic mass is 10.1. The first-order valence-electron chi connectivity index (χ1n) is 9.93. The number of hydrogen-bond acceptors (Lipinski definition) is 4. The van der Waals surface area contributed by atoms with E-state index in [0.29, 0.717) is 13.0 Å². The van der Waals surface area contributed by atoms with E-state index >= 15 is 0 Å². The topological polar surface area (TPSA) is 64.6 Å². The summed E-state index contributed by atoms with van der Waals surface area (Å²) in [6.45, 7) is 1.88. The van der Waals surface area contributed by atoms with Crippen LogP contribution in [0.25, 0.3) is 16.8 Å². The predicted molar refractivity (Wildman–Crippen MR) is 118 cm³/mol. The quantitative estimate of drug-likeness (QED) is 0.435. The Balaban J connectivity index is 1.48. The molecule has 3 rings (SSSR count). The lowest BCUT2D eigenvalue weighted by Gasteiger charge is -2.12. The van der Waals surface area contributed by atoms with Crippen molar-refractivity contribution in [2.24, 2.45) is 0 Å². The monoisotopic (exact) mass is 421 g/mol. The normalized spacial score (nSPS) is 12.0. The van der Waals surface area contributed by atoms with Gasteiger partial charge in [0, 0.05) is 12.6 Å². The smallest absolute Gasteiger partial charge is 0.331 e. The Morgan fingerprint density at radius 1 is 1.03 bits per heavy atom. The molecule has 1 atom stereocenters. The maximum absolute atomic E-state index is 12.9. The van der Waals surface area contributed by atoms with E-state index in [1.165, 1.54) is 25.1 Å². The van der Waals surface area contributed by atoms with Gasteiger partial charge in [-0.1, -0.05) is 30.3 Å². The molecule has 0 bridgehead atoms. The summed E-state index contributed by atoms with van der Waals surface area (Å²) >= 11 is 0. The molecule has 0 saturated carbocycles. The van der Waals surface area contributed by atoms with Crippen LogP contribution < -0.4 is 10.1 Å². The number of methoxy groups -OCH3 is 1. The van der Waals surface area contributed by atoms with Crippen molar-refractivity contribution in [1.29, 1.82) is 0 Å². The highest BCUT2D eigenvalue weighted by Crippen LogP contribution is 2.22. The van der Waals surface area contributed by atoms with Gasteiger partial charge in [-0.2, -0.15) is 0 Å². The molecule has 0 aromatic heterocycles. The van der Waals surface area contributed by atoms with Gasteiger partial charge in [0.25, 0.3) is 5.91 Å². The molecule has 0 unspecified atom stereocenters. The van der Waals surface area contributed by atoms with Crippen molar-refractivity contribution >= 4 is 28.7 Å². The van der Waals surface area contributed by atoms with E-state index in [4.69, 9.17) is 9.47 Å². The molecular formula is C25H24FNO4. The van der Waals surface area contributed by atoms with Gasteiger partial charge in [0.05, 0.1) is 7.11 Å². The van der Waals surface area contributed by atoms with Crippen LogP contribution in [-0.2, 0) is 20.7 Å². The second kappa shape index (κ2) is 10.4. The van der Waals surface area contributed by atoms with E-state index in [1.54, 1.807) is 25.3 Å². The van der Waals surface area contributed by atoms with Crippen molar-refractivity contribution in [1.82, 2.24) is 5.32 Å². The maximum atomic E-state index is 12.9. The van der Waals surface area contributed by atoms with Crippen molar-refractivity contribution in [3.8, 4) is 5.75 Å². The minimum atomic E-state index is -0.922. The summed E-state index contributed by atoms with van der Waals surface area (Å²) in [6.07, 6.45) is 2.58. The van der Waals surface area contributed by atoms with Gasteiger partial charge in [-0.25, -0.2) is 9.18 Å². The molecule has 0 aliphatic rings. The molecule has 31 heavy (non-hydrogen) atoms. The summed E-state index contributed by atoms with van der Waals surface area (Å²) in [5, 5.41) is 4.76. The van der Waals surface area contributed by atoms with Gasteiger partial charge in [-0.05, 0) is 71.7 Å². The first kappa shape index (κ1) is 22.0. The van der Waals surface area contributed by atoms with Gasteiger partial charge in [0.15, 0.2) is 6.10 Å². The average Bonchev–Trinajstić information content (AvgIpc) is 2.78. The zero-order valence-corrected chi connectivity index (χ0v) is 17.4. The number of nitrogens with one attached hydrogen (secondary N) is 1. The van der Waals surface area contributed by atoms with Gasteiger partial charge in [-0.15, -0.1) is 0 Å². The molecule has 0 radical (unpaired) electrons. The second-order valence-electron chi connectivity index (χ2n) is 7.05. The first-order chi connectivity index (χ1) is 14.9. The van der Waals surface area contributed by atoms with Gasteiger partial charge in [0.2, 0.25) is 0 Å².